The zero-order valence-corrected chi connectivity index (χ0v) is 13.8. The Balaban J connectivity index is 0. The summed E-state index contributed by atoms with van der Waals surface area (Å²) in [5.74, 6) is 1.37. The monoisotopic (exact) mass is 276 g/mol. The first-order valence-corrected chi connectivity index (χ1v) is 6.54. The van der Waals surface area contributed by atoms with Gasteiger partial charge in [-0.05, 0) is 48.3 Å². The molecule has 0 rings (SSSR count). The molecule has 112 valence electrons. The standard InChI is InChI=1S/C16H22O2.C2H6/c1-11(2)15(17-7)9-13(5)14(6)10-16(18-8)12(3)4;1-2/h9-10H,1,3,5-6H2,2,4,7-8H3;1-2H3/b15-9+,16-10+;. The van der Waals surface area contributed by atoms with Crippen molar-refractivity contribution in [3.8, 4) is 0 Å². The van der Waals surface area contributed by atoms with Crippen molar-refractivity contribution < 1.29 is 9.47 Å². The first-order valence-electron chi connectivity index (χ1n) is 6.54. The second-order valence-corrected chi connectivity index (χ2v) is 4.04. The van der Waals surface area contributed by atoms with Gasteiger partial charge < -0.3 is 9.47 Å². The molecule has 2 nitrogen and oxygen atoms in total. The highest BCUT2D eigenvalue weighted by atomic mass is 16.5. The van der Waals surface area contributed by atoms with Gasteiger partial charge in [0, 0.05) is 0 Å². The molecule has 0 N–H and O–H groups in total. The highest BCUT2D eigenvalue weighted by Crippen LogP contribution is 2.19. The maximum Gasteiger partial charge on any atom is 0.121 e. The molecule has 0 radical (unpaired) electrons. The summed E-state index contributed by atoms with van der Waals surface area (Å²) in [5, 5.41) is 0. The van der Waals surface area contributed by atoms with Crippen LogP contribution in [0.4, 0.5) is 0 Å². The highest BCUT2D eigenvalue weighted by Gasteiger charge is 2.03. The molecule has 0 aliphatic carbocycles. The fourth-order valence-electron chi connectivity index (χ4n) is 1.21. The molecule has 0 fully saturated rings. The van der Waals surface area contributed by atoms with Gasteiger partial charge in [-0.3, -0.25) is 0 Å². The van der Waals surface area contributed by atoms with Crippen LogP contribution in [0.2, 0.25) is 0 Å². The predicted molar refractivity (Wildman–Crippen MR) is 89.4 cm³/mol. The minimum atomic E-state index is 0.684. The van der Waals surface area contributed by atoms with Gasteiger partial charge in [-0.2, -0.15) is 0 Å². The normalized spacial score (nSPS) is 10.9. The van der Waals surface area contributed by atoms with Crippen LogP contribution in [0, 0.1) is 0 Å². The summed E-state index contributed by atoms with van der Waals surface area (Å²) in [5.41, 5.74) is 3.15. The quantitative estimate of drug-likeness (QED) is 0.461. The topological polar surface area (TPSA) is 18.5 Å². The Kier molecular flexibility index (Phi) is 11.1. The van der Waals surface area contributed by atoms with Gasteiger partial charge in [-0.25, -0.2) is 0 Å². The Morgan fingerprint density at radius 3 is 1.10 bits per heavy atom. The fourth-order valence-corrected chi connectivity index (χ4v) is 1.21. The lowest BCUT2D eigenvalue weighted by molar-refractivity contribution is 0.300. The van der Waals surface area contributed by atoms with E-state index in [0.717, 1.165) is 22.3 Å². The summed E-state index contributed by atoms with van der Waals surface area (Å²) in [4.78, 5) is 0. The third kappa shape index (κ3) is 7.47. The van der Waals surface area contributed by atoms with E-state index in [1.165, 1.54) is 0 Å². The van der Waals surface area contributed by atoms with E-state index in [1.54, 1.807) is 26.4 Å². The Morgan fingerprint density at radius 1 is 0.700 bits per heavy atom. The van der Waals surface area contributed by atoms with Crippen molar-refractivity contribution in [1.29, 1.82) is 0 Å². The fraction of sp³-hybridized carbons (Fsp3) is 0.333. The van der Waals surface area contributed by atoms with Gasteiger partial charge in [0.2, 0.25) is 0 Å². The highest BCUT2D eigenvalue weighted by molar-refractivity contribution is 5.47. The maximum absolute atomic E-state index is 5.20. The summed E-state index contributed by atoms with van der Waals surface area (Å²) >= 11 is 0. The van der Waals surface area contributed by atoms with E-state index in [1.807, 2.05) is 27.7 Å². The van der Waals surface area contributed by atoms with Crippen molar-refractivity contribution in [1.82, 2.24) is 0 Å². The molecule has 0 saturated carbocycles. The van der Waals surface area contributed by atoms with Gasteiger partial charge in [0.05, 0.1) is 14.2 Å². The molecule has 0 atom stereocenters. The molecule has 2 heteroatoms. The van der Waals surface area contributed by atoms with Gasteiger partial charge in [-0.15, -0.1) is 0 Å². The van der Waals surface area contributed by atoms with E-state index < -0.39 is 0 Å². The third-order valence-corrected chi connectivity index (χ3v) is 2.30. The van der Waals surface area contributed by atoms with Crippen molar-refractivity contribution in [2.45, 2.75) is 27.7 Å². The Morgan fingerprint density at radius 2 is 0.950 bits per heavy atom. The van der Waals surface area contributed by atoms with Crippen molar-refractivity contribution >= 4 is 0 Å². The van der Waals surface area contributed by atoms with Crippen LogP contribution < -0.4 is 0 Å². The number of methoxy groups -OCH3 is 2. The Bertz CT molecular complexity index is 392. The number of ether oxygens (including phenoxy) is 2. The molecule has 0 saturated heterocycles. The molecule has 0 aromatic rings. The minimum Gasteiger partial charge on any atom is -0.496 e. The minimum absolute atomic E-state index is 0.684. The summed E-state index contributed by atoms with van der Waals surface area (Å²) in [7, 11) is 3.20. The largest absolute Gasteiger partial charge is 0.496 e. The number of hydrogen-bond donors (Lipinski definition) is 0. The number of allylic oxidation sites excluding steroid dienone is 6. The van der Waals surface area contributed by atoms with Gasteiger partial charge in [-0.1, -0.05) is 40.2 Å². The van der Waals surface area contributed by atoms with E-state index in [-0.39, 0.29) is 0 Å². The molecule has 0 aliphatic heterocycles. The summed E-state index contributed by atoms with van der Waals surface area (Å²) in [6.07, 6.45) is 3.60. The number of hydrogen-bond acceptors (Lipinski definition) is 2. The first kappa shape index (κ1) is 20.4. The van der Waals surface area contributed by atoms with Gasteiger partial charge in [0.1, 0.15) is 11.5 Å². The molecule has 0 spiro atoms. The lowest BCUT2D eigenvalue weighted by atomic mass is 10.1. The van der Waals surface area contributed by atoms with E-state index in [4.69, 9.17) is 9.47 Å². The van der Waals surface area contributed by atoms with Crippen molar-refractivity contribution in [2.24, 2.45) is 0 Å². The first-order chi connectivity index (χ1) is 9.33. The van der Waals surface area contributed by atoms with E-state index in [2.05, 4.69) is 26.3 Å². The van der Waals surface area contributed by atoms with Crippen LogP contribution in [-0.2, 0) is 9.47 Å². The van der Waals surface area contributed by atoms with E-state index in [0.29, 0.717) is 11.5 Å². The van der Waals surface area contributed by atoms with E-state index >= 15 is 0 Å². The number of rotatable bonds is 7. The van der Waals surface area contributed by atoms with Crippen molar-refractivity contribution in [3.63, 3.8) is 0 Å². The van der Waals surface area contributed by atoms with Gasteiger partial charge >= 0.3 is 0 Å². The van der Waals surface area contributed by atoms with Crippen LogP contribution in [-0.4, -0.2) is 14.2 Å². The molecular weight excluding hydrogens is 248 g/mol. The zero-order chi connectivity index (χ0) is 16.3. The van der Waals surface area contributed by atoms with Crippen LogP contribution in [0.1, 0.15) is 27.7 Å². The lowest BCUT2D eigenvalue weighted by Crippen LogP contribution is -1.92. The van der Waals surface area contributed by atoms with Crippen LogP contribution in [0.15, 0.2) is 72.3 Å². The molecule has 20 heavy (non-hydrogen) atoms. The maximum atomic E-state index is 5.20. The third-order valence-electron chi connectivity index (χ3n) is 2.30. The second-order valence-electron chi connectivity index (χ2n) is 4.04. The van der Waals surface area contributed by atoms with Crippen LogP contribution in [0.25, 0.3) is 0 Å². The summed E-state index contributed by atoms with van der Waals surface area (Å²) in [6.45, 7) is 23.3. The second kappa shape index (κ2) is 10.9. The summed E-state index contributed by atoms with van der Waals surface area (Å²) < 4.78 is 10.4. The van der Waals surface area contributed by atoms with Gasteiger partial charge in [0.25, 0.3) is 0 Å². The smallest absolute Gasteiger partial charge is 0.121 e. The summed E-state index contributed by atoms with van der Waals surface area (Å²) in [6, 6.07) is 0. The van der Waals surface area contributed by atoms with Crippen LogP contribution >= 0.6 is 0 Å². The van der Waals surface area contributed by atoms with E-state index in [9.17, 15) is 0 Å². The Hall–Kier alpha value is -1.96. The zero-order valence-electron chi connectivity index (χ0n) is 13.8. The van der Waals surface area contributed by atoms with Crippen molar-refractivity contribution in [2.75, 3.05) is 14.2 Å². The van der Waals surface area contributed by atoms with Crippen LogP contribution in [0.3, 0.4) is 0 Å². The predicted octanol–water partition coefficient (Wildman–Crippen LogP) is 5.34. The average molecular weight is 276 g/mol. The molecule has 0 unspecified atom stereocenters. The average Bonchev–Trinajstić information content (AvgIpc) is 2.42. The van der Waals surface area contributed by atoms with Gasteiger partial charge in [0.15, 0.2) is 0 Å². The Labute approximate surface area is 124 Å². The molecule has 0 aromatic carbocycles. The molecular formula is C18H28O2. The molecule has 0 aliphatic rings. The lowest BCUT2D eigenvalue weighted by Gasteiger charge is -2.09. The molecule has 0 amide bonds. The molecule has 0 aromatic heterocycles. The molecule has 0 bridgehead atoms. The van der Waals surface area contributed by atoms with Crippen LogP contribution in [0.5, 0.6) is 0 Å². The van der Waals surface area contributed by atoms with Crippen molar-refractivity contribution in [3.05, 3.63) is 72.3 Å². The molecule has 0 heterocycles. The SMILES string of the molecule is C=C(/C=C(/OC)C(=C)C)C(=C)/C=C(/OC)C(=C)C.CC.